The summed E-state index contributed by atoms with van der Waals surface area (Å²) in [6.45, 7) is 11.6. The third-order valence-corrected chi connectivity index (χ3v) is 7.09. The first kappa shape index (κ1) is 21.3. The standard InChI is InChI=1S/C20H29N3O3S2/c1-6-11(2)7-15-14(5)28-19-17(15)18(25)21-20(22-19)27-10-16(24)23-8-12(3)26-13(4)9-23/h11-13H,6-10H2,1-5H3,(H,21,22,25)/t11-,12-,13+/m1/s1. The highest BCUT2D eigenvalue weighted by Crippen LogP contribution is 2.30. The normalized spacial score (nSPS) is 21.2. The molecule has 1 fully saturated rings. The summed E-state index contributed by atoms with van der Waals surface area (Å²) in [6.07, 6.45) is 2.07. The van der Waals surface area contributed by atoms with Crippen molar-refractivity contribution in [3.8, 4) is 0 Å². The first-order valence-electron chi connectivity index (χ1n) is 9.86. The molecule has 154 valence electrons. The lowest BCUT2D eigenvalue weighted by Gasteiger charge is -2.35. The van der Waals surface area contributed by atoms with Crippen molar-refractivity contribution in [2.45, 2.75) is 64.8 Å². The highest BCUT2D eigenvalue weighted by molar-refractivity contribution is 7.99. The van der Waals surface area contributed by atoms with Gasteiger partial charge in [0.25, 0.3) is 5.56 Å². The largest absolute Gasteiger partial charge is 0.372 e. The molecule has 8 heteroatoms. The molecule has 1 aliphatic rings. The number of H-pyrrole nitrogens is 1. The fraction of sp³-hybridized carbons (Fsp3) is 0.650. The van der Waals surface area contributed by atoms with Crippen molar-refractivity contribution in [3.05, 3.63) is 20.8 Å². The van der Waals surface area contributed by atoms with Crippen LogP contribution in [0.3, 0.4) is 0 Å². The van der Waals surface area contributed by atoms with E-state index in [1.54, 1.807) is 11.3 Å². The highest BCUT2D eigenvalue weighted by Gasteiger charge is 2.26. The van der Waals surface area contributed by atoms with Crippen LogP contribution < -0.4 is 5.56 Å². The Morgan fingerprint density at radius 3 is 2.71 bits per heavy atom. The summed E-state index contributed by atoms with van der Waals surface area (Å²) in [5.41, 5.74) is 1.02. The summed E-state index contributed by atoms with van der Waals surface area (Å²) in [4.78, 5) is 36.5. The third kappa shape index (κ3) is 4.78. The second-order valence-corrected chi connectivity index (χ2v) is 9.92. The molecule has 3 rings (SSSR count). The Morgan fingerprint density at radius 2 is 2.07 bits per heavy atom. The summed E-state index contributed by atoms with van der Waals surface area (Å²) in [5, 5.41) is 1.23. The Morgan fingerprint density at radius 1 is 1.39 bits per heavy atom. The minimum Gasteiger partial charge on any atom is -0.372 e. The Hall–Kier alpha value is -1.38. The van der Waals surface area contributed by atoms with Gasteiger partial charge in [0.05, 0.1) is 23.3 Å². The van der Waals surface area contributed by atoms with Gasteiger partial charge in [0.2, 0.25) is 5.91 Å². The van der Waals surface area contributed by atoms with E-state index in [4.69, 9.17) is 4.74 Å². The van der Waals surface area contributed by atoms with Crippen molar-refractivity contribution in [2.75, 3.05) is 18.8 Å². The van der Waals surface area contributed by atoms with E-state index in [9.17, 15) is 9.59 Å². The maximum absolute atomic E-state index is 12.7. The van der Waals surface area contributed by atoms with Crippen LogP contribution in [0.15, 0.2) is 9.95 Å². The van der Waals surface area contributed by atoms with Crippen LogP contribution in [-0.4, -0.2) is 51.8 Å². The molecule has 2 aromatic heterocycles. The van der Waals surface area contributed by atoms with Gasteiger partial charge in [-0.05, 0) is 38.7 Å². The molecule has 3 heterocycles. The lowest BCUT2D eigenvalue weighted by atomic mass is 9.98. The Bertz CT molecular complexity index is 898. The number of aromatic nitrogens is 2. The van der Waals surface area contributed by atoms with E-state index in [1.165, 1.54) is 11.8 Å². The number of nitrogens with one attached hydrogen (secondary N) is 1. The molecule has 1 saturated heterocycles. The molecule has 0 radical (unpaired) electrons. The molecule has 1 aliphatic heterocycles. The van der Waals surface area contributed by atoms with Gasteiger partial charge in [0, 0.05) is 18.0 Å². The Kier molecular flexibility index (Phi) is 6.83. The number of fused-ring (bicyclic) bond motifs is 1. The van der Waals surface area contributed by atoms with Gasteiger partial charge in [-0.25, -0.2) is 4.98 Å². The molecule has 2 aromatic rings. The van der Waals surface area contributed by atoms with E-state index in [0.29, 0.717) is 29.6 Å². The van der Waals surface area contributed by atoms with Gasteiger partial charge in [-0.2, -0.15) is 0 Å². The third-order valence-electron chi connectivity index (χ3n) is 5.20. The molecule has 0 aromatic carbocycles. The van der Waals surface area contributed by atoms with Gasteiger partial charge in [-0.3, -0.25) is 9.59 Å². The molecule has 0 bridgehead atoms. The van der Waals surface area contributed by atoms with Gasteiger partial charge in [0.1, 0.15) is 4.83 Å². The van der Waals surface area contributed by atoms with E-state index in [-0.39, 0.29) is 29.4 Å². The lowest BCUT2D eigenvalue weighted by molar-refractivity contribution is -0.140. The van der Waals surface area contributed by atoms with Crippen molar-refractivity contribution in [3.63, 3.8) is 0 Å². The zero-order chi connectivity index (χ0) is 20.4. The number of thiophene rings is 1. The molecule has 28 heavy (non-hydrogen) atoms. The predicted octanol–water partition coefficient (Wildman–Crippen LogP) is 3.61. The van der Waals surface area contributed by atoms with Gasteiger partial charge in [-0.15, -0.1) is 11.3 Å². The summed E-state index contributed by atoms with van der Waals surface area (Å²) in [7, 11) is 0. The van der Waals surface area contributed by atoms with Crippen molar-refractivity contribution < 1.29 is 9.53 Å². The smallest absolute Gasteiger partial charge is 0.260 e. The number of hydrogen-bond acceptors (Lipinski definition) is 6. The number of carbonyl (C=O) groups excluding carboxylic acids is 1. The number of thioether (sulfide) groups is 1. The summed E-state index contributed by atoms with van der Waals surface area (Å²) in [6, 6.07) is 0. The lowest BCUT2D eigenvalue weighted by Crippen LogP contribution is -2.48. The van der Waals surface area contributed by atoms with Crippen LogP contribution in [0.25, 0.3) is 10.2 Å². The van der Waals surface area contributed by atoms with Crippen molar-refractivity contribution in [2.24, 2.45) is 5.92 Å². The first-order valence-corrected chi connectivity index (χ1v) is 11.7. The van der Waals surface area contributed by atoms with E-state index in [0.717, 1.165) is 28.1 Å². The first-order chi connectivity index (χ1) is 13.3. The number of aryl methyl sites for hydroxylation is 1. The minimum absolute atomic E-state index is 0.0463. The zero-order valence-corrected chi connectivity index (χ0v) is 18.8. The topological polar surface area (TPSA) is 75.3 Å². The second kappa shape index (κ2) is 8.97. The number of hydrogen-bond donors (Lipinski definition) is 1. The maximum atomic E-state index is 12.7. The van der Waals surface area contributed by atoms with Gasteiger partial charge in [0.15, 0.2) is 5.16 Å². The molecule has 1 N–H and O–H groups in total. The van der Waals surface area contributed by atoms with Gasteiger partial charge < -0.3 is 14.6 Å². The molecule has 0 unspecified atom stereocenters. The van der Waals surface area contributed by atoms with Crippen LogP contribution in [0.5, 0.6) is 0 Å². The summed E-state index contributed by atoms with van der Waals surface area (Å²) >= 11 is 2.86. The van der Waals surface area contributed by atoms with E-state index >= 15 is 0 Å². The molecule has 1 amide bonds. The van der Waals surface area contributed by atoms with E-state index < -0.39 is 0 Å². The van der Waals surface area contributed by atoms with Crippen molar-refractivity contribution >= 4 is 39.2 Å². The highest BCUT2D eigenvalue weighted by atomic mass is 32.2. The average molecular weight is 424 g/mol. The maximum Gasteiger partial charge on any atom is 0.260 e. The molecule has 0 saturated carbocycles. The van der Waals surface area contributed by atoms with Gasteiger partial charge >= 0.3 is 0 Å². The van der Waals surface area contributed by atoms with E-state index in [2.05, 4.69) is 30.7 Å². The number of carbonyl (C=O) groups is 1. The SMILES string of the molecule is CC[C@@H](C)Cc1c(C)sc2nc(SCC(=O)N3C[C@@H](C)O[C@@H](C)C3)[nH]c(=O)c12. The van der Waals surface area contributed by atoms with Crippen molar-refractivity contribution in [1.29, 1.82) is 0 Å². The molecular formula is C20H29N3O3S2. The fourth-order valence-corrected chi connectivity index (χ4v) is 5.44. The summed E-state index contributed by atoms with van der Waals surface area (Å²) < 4.78 is 5.68. The molecule has 3 atom stereocenters. The zero-order valence-electron chi connectivity index (χ0n) is 17.2. The summed E-state index contributed by atoms with van der Waals surface area (Å²) in [5.74, 6) is 0.841. The fourth-order valence-electron chi connectivity index (χ4n) is 3.57. The van der Waals surface area contributed by atoms with Gasteiger partial charge in [-0.1, -0.05) is 32.0 Å². The van der Waals surface area contributed by atoms with Crippen LogP contribution in [-0.2, 0) is 16.0 Å². The molecule has 6 nitrogen and oxygen atoms in total. The minimum atomic E-state index is -0.101. The number of amides is 1. The average Bonchev–Trinajstić information content (AvgIpc) is 2.94. The van der Waals surface area contributed by atoms with Crippen LogP contribution >= 0.6 is 23.1 Å². The number of aromatic amines is 1. The van der Waals surface area contributed by atoms with Crippen LogP contribution in [0.4, 0.5) is 0 Å². The number of morpholine rings is 1. The predicted molar refractivity (Wildman–Crippen MR) is 115 cm³/mol. The van der Waals surface area contributed by atoms with Crippen LogP contribution in [0, 0.1) is 12.8 Å². The second-order valence-electron chi connectivity index (χ2n) is 7.75. The number of nitrogens with zero attached hydrogens (tertiary/aromatic N) is 2. The molecular weight excluding hydrogens is 394 g/mol. The number of rotatable bonds is 6. The van der Waals surface area contributed by atoms with Crippen LogP contribution in [0.1, 0.15) is 44.6 Å². The Balaban J connectivity index is 1.74. The molecule has 0 aliphatic carbocycles. The quantitative estimate of drug-likeness (QED) is 0.567. The van der Waals surface area contributed by atoms with Crippen LogP contribution in [0.2, 0.25) is 0 Å². The van der Waals surface area contributed by atoms with E-state index in [1.807, 2.05) is 18.7 Å². The van der Waals surface area contributed by atoms with Crippen molar-refractivity contribution in [1.82, 2.24) is 14.9 Å². The molecule has 0 spiro atoms. The number of ether oxygens (including phenoxy) is 1. The Labute approximate surface area is 174 Å². The monoisotopic (exact) mass is 423 g/mol.